The molecule has 3 aromatic rings. The highest BCUT2D eigenvalue weighted by Crippen LogP contribution is 2.26. The number of fused-ring (bicyclic) bond motifs is 1. The minimum absolute atomic E-state index is 0.228. The third-order valence-electron chi connectivity index (χ3n) is 4.19. The number of hydrogen-bond donors (Lipinski definition) is 1. The number of anilines is 1. The molecule has 0 aliphatic heterocycles. The second kappa shape index (κ2) is 9.84. The first-order valence-corrected chi connectivity index (χ1v) is 10.4. The van der Waals surface area contributed by atoms with Crippen LogP contribution in [0.2, 0.25) is 0 Å². The van der Waals surface area contributed by atoms with Gasteiger partial charge in [-0.1, -0.05) is 30.3 Å². The van der Waals surface area contributed by atoms with Crippen molar-refractivity contribution in [3.63, 3.8) is 0 Å². The number of pyridine rings is 1. The molecule has 1 amide bonds. The van der Waals surface area contributed by atoms with Crippen molar-refractivity contribution in [2.45, 2.75) is 11.8 Å². The van der Waals surface area contributed by atoms with Gasteiger partial charge in [0.05, 0.1) is 16.9 Å². The molecule has 152 valence electrons. The van der Waals surface area contributed by atoms with Gasteiger partial charge in [0.15, 0.2) is 12.4 Å². The van der Waals surface area contributed by atoms with E-state index in [-0.39, 0.29) is 11.7 Å². The number of ether oxygens (including phenoxy) is 1. The molecular weight excluding hydrogens is 400 g/mol. The molecule has 7 heteroatoms. The van der Waals surface area contributed by atoms with Crippen molar-refractivity contribution >= 4 is 52.1 Å². The molecule has 1 N–H and O–H groups in total. The van der Waals surface area contributed by atoms with Crippen LogP contribution in [-0.2, 0) is 14.3 Å². The van der Waals surface area contributed by atoms with Crippen LogP contribution >= 0.6 is 11.8 Å². The lowest BCUT2D eigenvalue weighted by Gasteiger charge is -2.10. The van der Waals surface area contributed by atoms with Gasteiger partial charge in [0.25, 0.3) is 0 Å². The number of hydrogen-bond acceptors (Lipinski definition) is 6. The molecule has 0 spiro atoms. The maximum Gasteiger partial charge on any atom is 0.331 e. The van der Waals surface area contributed by atoms with Crippen LogP contribution in [0.1, 0.15) is 23.0 Å². The lowest BCUT2D eigenvalue weighted by molar-refractivity contribution is -0.136. The summed E-state index contributed by atoms with van der Waals surface area (Å²) in [7, 11) is 0. The number of nitrogens with zero attached hydrogens (tertiary/aromatic N) is 1. The smallest absolute Gasteiger partial charge is 0.331 e. The summed E-state index contributed by atoms with van der Waals surface area (Å²) in [5, 5.41) is 3.71. The predicted octanol–water partition coefficient (Wildman–Crippen LogP) is 4.35. The zero-order chi connectivity index (χ0) is 21.5. The molecule has 0 saturated carbocycles. The van der Waals surface area contributed by atoms with Gasteiger partial charge in [-0.05, 0) is 36.6 Å². The molecule has 0 saturated heterocycles. The fourth-order valence-electron chi connectivity index (χ4n) is 2.76. The van der Waals surface area contributed by atoms with E-state index in [2.05, 4.69) is 10.3 Å². The van der Waals surface area contributed by atoms with Gasteiger partial charge in [-0.15, -0.1) is 11.8 Å². The van der Waals surface area contributed by atoms with Crippen LogP contribution in [0.3, 0.4) is 0 Å². The zero-order valence-corrected chi connectivity index (χ0v) is 17.4. The van der Waals surface area contributed by atoms with Gasteiger partial charge < -0.3 is 10.1 Å². The van der Waals surface area contributed by atoms with Crippen LogP contribution in [0.5, 0.6) is 0 Å². The summed E-state index contributed by atoms with van der Waals surface area (Å²) < 4.78 is 5.05. The van der Waals surface area contributed by atoms with Crippen LogP contribution in [0.25, 0.3) is 17.0 Å². The van der Waals surface area contributed by atoms with Crippen molar-refractivity contribution < 1.29 is 19.1 Å². The number of rotatable bonds is 7. The Kier molecular flexibility index (Phi) is 6.98. The van der Waals surface area contributed by atoms with E-state index in [4.69, 9.17) is 4.74 Å². The molecule has 0 atom stereocenters. The highest BCUT2D eigenvalue weighted by atomic mass is 32.2. The molecule has 1 heterocycles. The summed E-state index contributed by atoms with van der Waals surface area (Å²) in [6.45, 7) is 1.00. The Morgan fingerprint density at radius 1 is 1.10 bits per heavy atom. The predicted molar refractivity (Wildman–Crippen MR) is 119 cm³/mol. The minimum Gasteiger partial charge on any atom is -0.454 e. The van der Waals surface area contributed by atoms with Crippen LogP contribution < -0.4 is 5.32 Å². The number of esters is 1. The van der Waals surface area contributed by atoms with E-state index in [1.807, 2.05) is 36.6 Å². The number of benzene rings is 2. The van der Waals surface area contributed by atoms with Gasteiger partial charge >= 0.3 is 5.97 Å². The number of para-hydroxylation sites is 1. The fourth-order valence-corrected chi connectivity index (χ4v) is 3.30. The second-order valence-electron chi connectivity index (χ2n) is 6.39. The Hall–Kier alpha value is -3.45. The van der Waals surface area contributed by atoms with Crippen molar-refractivity contribution in [2.75, 3.05) is 18.2 Å². The van der Waals surface area contributed by atoms with Crippen molar-refractivity contribution in [3.8, 4) is 0 Å². The highest BCUT2D eigenvalue weighted by molar-refractivity contribution is 7.98. The first kappa shape index (κ1) is 21.3. The van der Waals surface area contributed by atoms with Crippen LogP contribution in [-0.4, -0.2) is 35.5 Å². The molecule has 2 aromatic carbocycles. The molecule has 0 aliphatic rings. The number of nitrogens with one attached hydrogen (secondary N) is 1. The maximum atomic E-state index is 12.4. The Morgan fingerprint density at radius 3 is 2.67 bits per heavy atom. The summed E-state index contributed by atoms with van der Waals surface area (Å²) in [5.74, 6) is -1.23. The van der Waals surface area contributed by atoms with E-state index in [0.29, 0.717) is 16.9 Å². The molecule has 0 unspecified atom stereocenters. The summed E-state index contributed by atoms with van der Waals surface area (Å²) in [6, 6.07) is 16.4. The summed E-state index contributed by atoms with van der Waals surface area (Å²) >= 11 is 1.45. The molecule has 30 heavy (non-hydrogen) atoms. The van der Waals surface area contributed by atoms with Gasteiger partial charge in [0, 0.05) is 28.8 Å². The van der Waals surface area contributed by atoms with Gasteiger partial charge in [0.1, 0.15) is 0 Å². The largest absolute Gasteiger partial charge is 0.454 e. The number of Topliss-reactive ketones (excluding diaryl/α,β-unsaturated/α-hetero) is 1. The van der Waals surface area contributed by atoms with Crippen molar-refractivity contribution in [1.82, 2.24) is 4.98 Å². The molecule has 0 bridgehead atoms. The van der Waals surface area contributed by atoms with E-state index in [1.165, 1.54) is 24.8 Å². The van der Waals surface area contributed by atoms with Crippen molar-refractivity contribution in [2.24, 2.45) is 0 Å². The summed E-state index contributed by atoms with van der Waals surface area (Å²) in [4.78, 5) is 41.0. The number of carbonyl (C=O) groups excluding carboxylic acids is 3. The van der Waals surface area contributed by atoms with Gasteiger partial charge in [-0.3, -0.25) is 9.59 Å². The van der Waals surface area contributed by atoms with Gasteiger partial charge in [0.2, 0.25) is 5.91 Å². The van der Waals surface area contributed by atoms with Crippen LogP contribution in [0, 0.1) is 0 Å². The molecule has 0 aliphatic carbocycles. The topological polar surface area (TPSA) is 85.4 Å². The minimum atomic E-state index is -0.638. The average Bonchev–Trinajstić information content (AvgIpc) is 2.75. The number of thioether (sulfide) groups is 1. The molecule has 6 nitrogen and oxygen atoms in total. The van der Waals surface area contributed by atoms with Gasteiger partial charge in [-0.2, -0.15) is 0 Å². The van der Waals surface area contributed by atoms with E-state index >= 15 is 0 Å². The van der Waals surface area contributed by atoms with Crippen LogP contribution in [0.4, 0.5) is 5.69 Å². The highest BCUT2D eigenvalue weighted by Gasteiger charge is 2.12. The normalized spacial score (nSPS) is 10.9. The second-order valence-corrected chi connectivity index (χ2v) is 7.24. The number of aromatic nitrogens is 1. The van der Waals surface area contributed by atoms with Crippen molar-refractivity contribution in [1.29, 1.82) is 0 Å². The first-order valence-electron chi connectivity index (χ1n) is 9.16. The molecular formula is C23H20N2O4S. The van der Waals surface area contributed by atoms with E-state index < -0.39 is 12.6 Å². The Balaban J connectivity index is 1.61. The van der Waals surface area contributed by atoms with Crippen LogP contribution in [0.15, 0.2) is 65.6 Å². The Bertz CT molecular complexity index is 1140. The number of ketones is 1. The molecule has 0 fully saturated rings. The third kappa shape index (κ3) is 5.55. The maximum absolute atomic E-state index is 12.4. The summed E-state index contributed by atoms with van der Waals surface area (Å²) in [6.07, 6.45) is 4.66. The Morgan fingerprint density at radius 2 is 1.90 bits per heavy atom. The fraction of sp³-hybridized carbons (Fsp3) is 0.130. The van der Waals surface area contributed by atoms with E-state index in [9.17, 15) is 14.4 Å². The molecule has 0 radical (unpaired) electrons. The Labute approximate surface area is 178 Å². The van der Waals surface area contributed by atoms with E-state index in [0.717, 1.165) is 15.8 Å². The first-order chi connectivity index (χ1) is 14.5. The van der Waals surface area contributed by atoms with E-state index in [1.54, 1.807) is 30.3 Å². The monoisotopic (exact) mass is 420 g/mol. The molecule has 1 aromatic heterocycles. The number of carbonyl (C=O) groups is 3. The summed E-state index contributed by atoms with van der Waals surface area (Å²) in [5.41, 5.74) is 2.34. The number of amides is 1. The average molecular weight is 420 g/mol. The van der Waals surface area contributed by atoms with Gasteiger partial charge in [-0.25, -0.2) is 9.78 Å². The lowest BCUT2D eigenvalue weighted by atomic mass is 10.1. The SMILES string of the molecule is CSc1ccc(C(=O)COC(=O)/C=C/c2ccc3ccccc3n2)cc1NC(C)=O. The quantitative estimate of drug-likeness (QED) is 0.265. The third-order valence-corrected chi connectivity index (χ3v) is 4.98. The standard InChI is InChI=1S/C23H20N2O4S/c1-15(26)24-20-13-17(8-11-22(20)30-2)21(27)14-29-23(28)12-10-18-9-7-16-5-3-4-6-19(16)25-18/h3-13H,14H2,1-2H3,(H,24,26)/b12-10+. The zero-order valence-electron chi connectivity index (χ0n) is 16.5. The lowest BCUT2D eigenvalue weighted by Crippen LogP contribution is -2.14. The van der Waals surface area contributed by atoms with Crippen molar-refractivity contribution in [3.05, 3.63) is 71.9 Å². The molecule has 3 rings (SSSR count).